The number of nitrogens with zero attached hydrogens (tertiary/aromatic N) is 1. The third-order valence-electron chi connectivity index (χ3n) is 7.61. The van der Waals surface area contributed by atoms with Crippen LogP contribution in [0, 0.1) is 17.8 Å². The Morgan fingerprint density at radius 3 is 2.59 bits per heavy atom. The monoisotopic (exact) mass is 478 g/mol. The average molecular weight is 479 g/mol. The van der Waals surface area contributed by atoms with Gasteiger partial charge < -0.3 is 15.0 Å². The van der Waals surface area contributed by atoms with E-state index in [1.807, 2.05) is 0 Å². The van der Waals surface area contributed by atoms with E-state index in [-0.39, 0.29) is 17.9 Å². The minimum Gasteiger partial charge on any atom is -0.381 e. The van der Waals surface area contributed by atoms with E-state index in [0.717, 1.165) is 63.4 Å². The van der Waals surface area contributed by atoms with Crippen molar-refractivity contribution in [3.63, 3.8) is 0 Å². The van der Waals surface area contributed by atoms with Gasteiger partial charge in [-0.15, -0.1) is 0 Å². The molecular weight excluding hydrogens is 437 g/mol. The smallest absolute Gasteiger partial charge is 0.381 e. The molecule has 3 rings (SSSR count). The molecule has 5 atom stereocenters. The molecular formula is C28H41F3N2O. The van der Waals surface area contributed by atoms with Crippen LogP contribution in [0.3, 0.4) is 0 Å². The quantitative estimate of drug-likeness (QED) is 0.343. The first-order valence-electron chi connectivity index (χ1n) is 12.9. The van der Waals surface area contributed by atoms with E-state index >= 15 is 0 Å². The van der Waals surface area contributed by atoms with E-state index in [1.54, 1.807) is 6.07 Å². The lowest BCUT2D eigenvalue weighted by atomic mass is 9.70. The molecule has 1 aromatic carbocycles. The number of likely N-dealkylation sites (N-methyl/N-ethyl adjacent to an activating group) is 1. The lowest BCUT2D eigenvalue weighted by Gasteiger charge is -2.43. The first-order chi connectivity index (χ1) is 16.2. The number of nitrogens with one attached hydrogen (secondary N) is 1. The standard InChI is InChI=1S/C28H41F3N2O/c1-5-33(6-2)16-17-34-19-20(3)12-14-24-21(4)25-18-23(28(29,30)31)13-15-26(25)32-27(24)22-10-8-7-9-11-22/h7-10,13,15,18,20-22,24,27,32H,5-6,11-12,14,16-17,19H2,1-4H3/t20-,21?,22?,24-,27+/m1/s1. The third kappa shape index (κ3) is 6.88. The van der Waals surface area contributed by atoms with Crippen LogP contribution in [-0.4, -0.2) is 43.8 Å². The fourth-order valence-electron chi connectivity index (χ4n) is 5.37. The Kier molecular flexibility index (Phi) is 9.66. The van der Waals surface area contributed by atoms with Gasteiger partial charge in [-0.2, -0.15) is 13.2 Å². The maximum Gasteiger partial charge on any atom is 0.416 e. The van der Waals surface area contributed by atoms with Crippen molar-refractivity contribution in [2.45, 2.75) is 65.1 Å². The van der Waals surface area contributed by atoms with Crippen molar-refractivity contribution >= 4 is 5.69 Å². The summed E-state index contributed by atoms with van der Waals surface area (Å²) < 4.78 is 46.1. The Morgan fingerprint density at radius 2 is 1.94 bits per heavy atom. The van der Waals surface area contributed by atoms with Gasteiger partial charge in [-0.05, 0) is 73.9 Å². The highest BCUT2D eigenvalue weighted by Crippen LogP contribution is 2.45. The number of ether oxygens (including phenoxy) is 1. The zero-order chi connectivity index (χ0) is 24.7. The second-order valence-electron chi connectivity index (χ2n) is 9.92. The summed E-state index contributed by atoms with van der Waals surface area (Å²) in [6, 6.07) is 4.37. The van der Waals surface area contributed by atoms with Gasteiger partial charge in [0.25, 0.3) is 0 Å². The Morgan fingerprint density at radius 1 is 1.18 bits per heavy atom. The molecule has 1 aliphatic carbocycles. The number of halogens is 3. The molecule has 6 heteroatoms. The van der Waals surface area contributed by atoms with Crippen LogP contribution in [0.25, 0.3) is 0 Å². The Balaban J connectivity index is 1.67. The van der Waals surface area contributed by atoms with Gasteiger partial charge in [0.15, 0.2) is 0 Å². The van der Waals surface area contributed by atoms with E-state index in [2.05, 4.69) is 62.2 Å². The molecule has 34 heavy (non-hydrogen) atoms. The highest BCUT2D eigenvalue weighted by atomic mass is 19.4. The molecule has 0 aromatic heterocycles. The highest BCUT2D eigenvalue weighted by Gasteiger charge is 2.39. The summed E-state index contributed by atoms with van der Waals surface area (Å²) >= 11 is 0. The minimum atomic E-state index is -4.32. The predicted octanol–water partition coefficient (Wildman–Crippen LogP) is 7.13. The molecule has 1 aromatic rings. The summed E-state index contributed by atoms with van der Waals surface area (Å²) in [6.45, 7) is 13.1. The SMILES string of the molecule is CCN(CC)CCOC[C@H](C)CC[C@@H]1C(C)c2cc(C(F)(F)F)ccc2N[C@H]1C1C=CC=CC1. The molecule has 0 bridgehead atoms. The second kappa shape index (κ2) is 12.3. The van der Waals surface area contributed by atoms with Crippen LogP contribution >= 0.6 is 0 Å². The zero-order valence-electron chi connectivity index (χ0n) is 21.1. The summed E-state index contributed by atoms with van der Waals surface area (Å²) in [5.41, 5.74) is 1.07. The van der Waals surface area contributed by atoms with Crippen LogP contribution in [0.5, 0.6) is 0 Å². The third-order valence-corrected chi connectivity index (χ3v) is 7.61. The second-order valence-corrected chi connectivity index (χ2v) is 9.92. The van der Waals surface area contributed by atoms with E-state index in [9.17, 15) is 13.2 Å². The molecule has 3 nitrogen and oxygen atoms in total. The van der Waals surface area contributed by atoms with Crippen molar-refractivity contribution in [3.05, 3.63) is 53.6 Å². The number of anilines is 1. The largest absolute Gasteiger partial charge is 0.416 e. The van der Waals surface area contributed by atoms with Gasteiger partial charge in [0.2, 0.25) is 0 Å². The minimum absolute atomic E-state index is 0.0543. The molecule has 0 radical (unpaired) electrons. The van der Waals surface area contributed by atoms with Crippen LogP contribution in [0.2, 0.25) is 0 Å². The van der Waals surface area contributed by atoms with Gasteiger partial charge in [-0.3, -0.25) is 0 Å². The molecule has 1 N–H and O–H groups in total. The van der Waals surface area contributed by atoms with E-state index in [4.69, 9.17) is 4.74 Å². The average Bonchev–Trinajstić information content (AvgIpc) is 2.83. The molecule has 0 saturated heterocycles. The van der Waals surface area contributed by atoms with Gasteiger partial charge in [0.05, 0.1) is 12.2 Å². The molecule has 1 heterocycles. The fourth-order valence-corrected chi connectivity index (χ4v) is 5.37. The van der Waals surface area contributed by atoms with Gasteiger partial charge in [0, 0.05) is 30.8 Å². The predicted molar refractivity (Wildman–Crippen MR) is 134 cm³/mol. The van der Waals surface area contributed by atoms with Gasteiger partial charge in [0.1, 0.15) is 0 Å². The van der Waals surface area contributed by atoms with Crippen LogP contribution in [0.1, 0.15) is 64.0 Å². The maximum absolute atomic E-state index is 13.4. The van der Waals surface area contributed by atoms with Crippen molar-refractivity contribution in [1.82, 2.24) is 4.90 Å². The van der Waals surface area contributed by atoms with E-state index in [1.165, 1.54) is 12.1 Å². The summed E-state index contributed by atoms with van der Waals surface area (Å²) in [6.07, 6.45) is 7.18. The topological polar surface area (TPSA) is 24.5 Å². The molecule has 190 valence electrons. The number of rotatable bonds is 11. The number of hydrogen-bond acceptors (Lipinski definition) is 3. The fraction of sp³-hybridized carbons (Fsp3) is 0.643. The first kappa shape index (κ1) is 26.8. The molecule has 0 amide bonds. The molecule has 0 fully saturated rings. The molecule has 0 saturated carbocycles. The zero-order valence-corrected chi connectivity index (χ0v) is 21.1. The lowest BCUT2D eigenvalue weighted by molar-refractivity contribution is -0.137. The van der Waals surface area contributed by atoms with Crippen molar-refractivity contribution < 1.29 is 17.9 Å². The van der Waals surface area contributed by atoms with Crippen molar-refractivity contribution in [3.8, 4) is 0 Å². The number of alkyl halides is 3. The lowest BCUT2D eigenvalue weighted by Crippen LogP contribution is -2.42. The van der Waals surface area contributed by atoms with Crippen LogP contribution in [0.4, 0.5) is 18.9 Å². The number of fused-ring (bicyclic) bond motifs is 1. The first-order valence-corrected chi connectivity index (χ1v) is 12.9. The summed E-state index contributed by atoms with van der Waals surface area (Å²) in [4.78, 5) is 2.35. The number of benzene rings is 1. The molecule has 0 spiro atoms. The van der Waals surface area contributed by atoms with Gasteiger partial charge in [-0.25, -0.2) is 0 Å². The van der Waals surface area contributed by atoms with Crippen LogP contribution < -0.4 is 5.32 Å². The summed E-state index contributed by atoms with van der Waals surface area (Å²) in [7, 11) is 0. The van der Waals surface area contributed by atoms with Crippen molar-refractivity contribution in [2.24, 2.45) is 17.8 Å². The van der Waals surface area contributed by atoms with E-state index < -0.39 is 11.7 Å². The van der Waals surface area contributed by atoms with Crippen molar-refractivity contribution in [1.29, 1.82) is 0 Å². The van der Waals surface area contributed by atoms with Gasteiger partial charge in [-0.1, -0.05) is 52.0 Å². The number of allylic oxidation sites excluding steroid dienone is 3. The van der Waals surface area contributed by atoms with Crippen molar-refractivity contribution in [2.75, 3.05) is 38.2 Å². The maximum atomic E-state index is 13.4. The van der Waals surface area contributed by atoms with Crippen LogP contribution in [-0.2, 0) is 10.9 Å². The van der Waals surface area contributed by atoms with Crippen LogP contribution in [0.15, 0.2) is 42.5 Å². The Labute approximate surface area is 203 Å². The molecule has 2 aliphatic rings. The molecule has 1 aliphatic heterocycles. The Bertz CT molecular complexity index is 831. The highest BCUT2D eigenvalue weighted by molar-refractivity contribution is 5.58. The normalized spacial score (nSPS) is 25.3. The van der Waals surface area contributed by atoms with E-state index in [0.29, 0.717) is 11.8 Å². The summed E-state index contributed by atoms with van der Waals surface area (Å²) in [5, 5.41) is 3.64. The molecule has 2 unspecified atom stereocenters. The summed E-state index contributed by atoms with van der Waals surface area (Å²) in [5.74, 6) is 1.07. The Hall–Kier alpha value is -1.79. The number of hydrogen-bond donors (Lipinski definition) is 1. The van der Waals surface area contributed by atoms with Gasteiger partial charge >= 0.3 is 6.18 Å².